The normalized spacial score (nSPS) is 25.1. The number of hydrogen-bond acceptors (Lipinski definition) is 4. The molecule has 0 radical (unpaired) electrons. The molecule has 0 aliphatic carbocycles. The Kier molecular flexibility index (Phi) is 3.70. The van der Waals surface area contributed by atoms with Crippen molar-refractivity contribution in [3.8, 4) is 0 Å². The van der Waals surface area contributed by atoms with E-state index in [0.717, 1.165) is 19.6 Å². The number of carboxylic acid groups (broad SMARTS) is 1. The molecule has 1 atom stereocenters. The van der Waals surface area contributed by atoms with E-state index < -0.39 is 12.0 Å². The summed E-state index contributed by atoms with van der Waals surface area (Å²) in [6, 6.07) is -0.774. The Morgan fingerprint density at radius 1 is 1.53 bits per heavy atom. The van der Waals surface area contributed by atoms with Gasteiger partial charge in [0.2, 0.25) is 0 Å². The molecule has 0 aromatic carbocycles. The molecule has 0 spiro atoms. The minimum atomic E-state index is -0.924. The summed E-state index contributed by atoms with van der Waals surface area (Å²) < 4.78 is 0. The third-order valence-electron chi connectivity index (χ3n) is 3.17. The fourth-order valence-corrected chi connectivity index (χ4v) is 1.85. The van der Waals surface area contributed by atoms with Crippen LogP contribution in [0.4, 0.5) is 0 Å². The summed E-state index contributed by atoms with van der Waals surface area (Å²) in [5.41, 5.74) is 5.61. The maximum atomic E-state index is 10.6. The highest BCUT2D eigenvalue weighted by Gasteiger charge is 2.32. The molecule has 1 aliphatic heterocycles. The maximum Gasteiger partial charge on any atom is 0.321 e. The monoisotopic (exact) mass is 215 g/mol. The second-order valence-electron chi connectivity index (χ2n) is 4.91. The first kappa shape index (κ1) is 12.4. The zero-order valence-electron chi connectivity index (χ0n) is 9.73. The Hall–Kier alpha value is -0.650. The van der Waals surface area contributed by atoms with Crippen LogP contribution >= 0.6 is 0 Å². The lowest BCUT2D eigenvalue weighted by molar-refractivity contribution is -0.139. The van der Waals surface area contributed by atoms with Gasteiger partial charge < -0.3 is 10.8 Å². The van der Waals surface area contributed by atoms with Crippen LogP contribution in [0.1, 0.15) is 13.8 Å². The van der Waals surface area contributed by atoms with Crippen molar-refractivity contribution >= 4 is 5.97 Å². The van der Waals surface area contributed by atoms with Crippen molar-refractivity contribution in [2.75, 3.05) is 33.2 Å². The van der Waals surface area contributed by atoms with Crippen LogP contribution < -0.4 is 5.73 Å². The van der Waals surface area contributed by atoms with E-state index in [1.54, 1.807) is 0 Å². The van der Waals surface area contributed by atoms with Gasteiger partial charge in [-0.1, -0.05) is 0 Å². The average Bonchev–Trinajstić information content (AvgIpc) is 2.10. The minimum absolute atomic E-state index is 0.0937. The second-order valence-corrected chi connectivity index (χ2v) is 4.91. The van der Waals surface area contributed by atoms with E-state index in [9.17, 15) is 4.79 Å². The number of rotatable bonds is 3. The van der Waals surface area contributed by atoms with Gasteiger partial charge >= 0.3 is 5.97 Å². The number of nitrogens with two attached hydrogens (primary N) is 1. The van der Waals surface area contributed by atoms with Gasteiger partial charge in [0, 0.05) is 31.7 Å². The quantitative estimate of drug-likeness (QED) is 0.659. The standard InChI is InChI=1S/C10H21N3O2/c1-10(2)7-13(5-4-12(10)3)6-8(11)9(14)15/h8H,4-7,11H2,1-3H3,(H,14,15). The Balaban J connectivity index is 2.49. The number of carboxylic acids is 1. The maximum absolute atomic E-state index is 10.6. The molecule has 0 aromatic heterocycles. The summed E-state index contributed by atoms with van der Waals surface area (Å²) in [5, 5.41) is 8.73. The van der Waals surface area contributed by atoms with Crippen molar-refractivity contribution in [2.45, 2.75) is 25.4 Å². The Morgan fingerprint density at radius 3 is 2.60 bits per heavy atom. The van der Waals surface area contributed by atoms with Crippen LogP contribution in [0.2, 0.25) is 0 Å². The molecule has 3 N–H and O–H groups in total. The first-order valence-electron chi connectivity index (χ1n) is 5.25. The van der Waals surface area contributed by atoms with Gasteiger partial charge in [0.1, 0.15) is 6.04 Å². The topological polar surface area (TPSA) is 69.8 Å². The molecule has 15 heavy (non-hydrogen) atoms. The van der Waals surface area contributed by atoms with Crippen molar-refractivity contribution in [3.63, 3.8) is 0 Å². The van der Waals surface area contributed by atoms with E-state index in [-0.39, 0.29) is 5.54 Å². The van der Waals surface area contributed by atoms with Crippen LogP contribution in [0, 0.1) is 0 Å². The molecule has 5 nitrogen and oxygen atoms in total. The second kappa shape index (κ2) is 4.47. The highest BCUT2D eigenvalue weighted by Crippen LogP contribution is 2.18. The number of hydrogen-bond donors (Lipinski definition) is 2. The van der Waals surface area contributed by atoms with Gasteiger partial charge in [0.25, 0.3) is 0 Å². The van der Waals surface area contributed by atoms with Crippen molar-refractivity contribution in [1.82, 2.24) is 9.80 Å². The number of aliphatic carboxylic acids is 1. The molecule has 5 heteroatoms. The van der Waals surface area contributed by atoms with Gasteiger partial charge in [-0.2, -0.15) is 0 Å². The van der Waals surface area contributed by atoms with Crippen LogP contribution in [0.15, 0.2) is 0 Å². The van der Waals surface area contributed by atoms with Crippen LogP contribution in [0.5, 0.6) is 0 Å². The Bertz CT molecular complexity index is 243. The SMILES string of the molecule is CN1CCN(CC(N)C(=O)O)CC1(C)C. The van der Waals surface area contributed by atoms with Gasteiger partial charge in [-0.15, -0.1) is 0 Å². The fraction of sp³-hybridized carbons (Fsp3) is 0.900. The molecule has 88 valence electrons. The summed E-state index contributed by atoms with van der Waals surface area (Å²) in [7, 11) is 2.09. The van der Waals surface area contributed by atoms with Crippen molar-refractivity contribution < 1.29 is 9.90 Å². The summed E-state index contributed by atoms with van der Waals surface area (Å²) in [6.07, 6.45) is 0. The number of likely N-dealkylation sites (N-methyl/N-ethyl adjacent to an activating group) is 1. The highest BCUT2D eigenvalue weighted by molar-refractivity contribution is 5.73. The lowest BCUT2D eigenvalue weighted by atomic mass is 9.99. The van der Waals surface area contributed by atoms with Gasteiger partial charge in [0.15, 0.2) is 0 Å². The van der Waals surface area contributed by atoms with Crippen LogP contribution in [0.25, 0.3) is 0 Å². The van der Waals surface area contributed by atoms with Gasteiger partial charge in [0.05, 0.1) is 0 Å². The minimum Gasteiger partial charge on any atom is -0.480 e. The summed E-state index contributed by atoms with van der Waals surface area (Å²) in [4.78, 5) is 15.0. The smallest absolute Gasteiger partial charge is 0.321 e. The first-order valence-corrected chi connectivity index (χ1v) is 5.25. The predicted octanol–water partition coefficient (Wildman–Crippen LogP) is -0.576. The molecule has 1 heterocycles. The third-order valence-corrected chi connectivity index (χ3v) is 3.17. The lowest BCUT2D eigenvalue weighted by Gasteiger charge is -2.45. The Labute approximate surface area is 90.8 Å². The Morgan fingerprint density at radius 2 is 2.13 bits per heavy atom. The molecule has 0 amide bonds. The van der Waals surface area contributed by atoms with E-state index in [0.29, 0.717) is 6.54 Å². The lowest BCUT2D eigenvalue weighted by Crippen LogP contribution is -2.59. The molecule has 1 aliphatic rings. The van der Waals surface area contributed by atoms with E-state index in [1.165, 1.54) is 0 Å². The molecular weight excluding hydrogens is 194 g/mol. The molecule has 1 unspecified atom stereocenters. The molecule has 0 aromatic rings. The first-order chi connectivity index (χ1) is 6.83. The number of carbonyl (C=O) groups is 1. The van der Waals surface area contributed by atoms with E-state index in [4.69, 9.17) is 10.8 Å². The zero-order valence-corrected chi connectivity index (χ0v) is 9.73. The summed E-state index contributed by atoms with van der Waals surface area (Å²) in [6.45, 7) is 7.47. The van der Waals surface area contributed by atoms with Crippen molar-refractivity contribution in [3.05, 3.63) is 0 Å². The molecule has 1 fully saturated rings. The van der Waals surface area contributed by atoms with Crippen LogP contribution in [-0.4, -0.2) is 65.7 Å². The summed E-state index contributed by atoms with van der Waals surface area (Å²) >= 11 is 0. The average molecular weight is 215 g/mol. The van der Waals surface area contributed by atoms with Gasteiger partial charge in [-0.3, -0.25) is 14.6 Å². The zero-order chi connectivity index (χ0) is 11.6. The van der Waals surface area contributed by atoms with Gasteiger partial charge in [-0.05, 0) is 20.9 Å². The van der Waals surface area contributed by atoms with Gasteiger partial charge in [-0.25, -0.2) is 0 Å². The molecule has 1 rings (SSSR count). The summed E-state index contributed by atoms with van der Waals surface area (Å²) in [5.74, 6) is -0.924. The van der Waals surface area contributed by atoms with Crippen molar-refractivity contribution in [2.24, 2.45) is 5.73 Å². The molecule has 0 saturated carbocycles. The highest BCUT2D eigenvalue weighted by atomic mass is 16.4. The molecular formula is C10H21N3O2. The largest absolute Gasteiger partial charge is 0.480 e. The third kappa shape index (κ3) is 3.15. The molecule has 1 saturated heterocycles. The van der Waals surface area contributed by atoms with E-state index in [1.807, 2.05) is 0 Å². The fourth-order valence-electron chi connectivity index (χ4n) is 1.85. The number of nitrogens with zero attached hydrogens (tertiary/aromatic N) is 2. The van der Waals surface area contributed by atoms with Crippen molar-refractivity contribution in [1.29, 1.82) is 0 Å². The van der Waals surface area contributed by atoms with E-state index in [2.05, 4.69) is 30.7 Å². The van der Waals surface area contributed by atoms with Crippen LogP contribution in [0.3, 0.4) is 0 Å². The number of piperazine rings is 1. The molecule has 0 bridgehead atoms. The van der Waals surface area contributed by atoms with E-state index >= 15 is 0 Å². The van der Waals surface area contributed by atoms with Crippen LogP contribution in [-0.2, 0) is 4.79 Å². The predicted molar refractivity (Wildman–Crippen MR) is 58.8 cm³/mol.